The lowest BCUT2D eigenvalue weighted by Crippen LogP contribution is -2.30. The molecule has 0 amide bonds. The van der Waals surface area contributed by atoms with E-state index in [1.54, 1.807) is 0 Å². The minimum absolute atomic E-state index is 0.106. The summed E-state index contributed by atoms with van der Waals surface area (Å²) in [6.07, 6.45) is 66.8. The van der Waals surface area contributed by atoms with Crippen molar-refractivity contribution in [3.63, 3.8) is 0 Å². The van der Waals surface area contributed by atoms with Gasteiger partial charge in [0, 0.05) is 25.7 Å². The van der Waals surface area contributed by atoms with Crippen molar-refractivity contribution in [2.75, 3.05) is 39.6 Å². The molecule has 0 saturated heterocycles. The molecule has 0 bridgehead atoms. The molecule has 19 heteroatoms. The van der Waals surface area contributed by atoms with Crippen molar-refractivity contribution in [1.29, 1.82) is 0 Å². The van der Waals surface area contributed by atoms with Crippen LogP contribution >= 0.6 is 15.6 Å². The second kappa shape index (κ2) is 75.5. The molecule has 0 heterocycles. The van der Waals surface area contributed by atoms with Crippen LogP contribution in [0.5, 0.6) is 0 Å². The summed E-state index contributed by atoms with van der Waals surface area (Å²) in [5.74, 6) is -0.599. The topological polar surface area (TPSA) is 237 Å². The number of esters is 4. The van der Waals surface area contributed by atoms with Gasteiger partial charge in [0.15, 0.2) is 12.2 Å². The van der Waals surface area contributed by atoms with Crippen molar-refractivity contribution >= 4 is 39.5 Å². The Morgan fingerprint density at radius 3 is 0.738 bits per heavy atom. The Bertz CT molecular complexity index is 1980. The molecule has 3 unspecified atom stereocenters. The van der Waals surface area contributed by atoms with Crippen molar-refractivity contribution in [2.24, 2.45) is 11.8 Å². The fourth-order valence-electron chi connectivity index (χ4n) is 13.0. The molecule has 0 aliphatic heterocycles. The number of hydrogen-bond acceptors (Lipinski definition) is 15. The van der Waals surface area contributed by atoms with Gasteiger partial charge in [0.25, 0.3) is 0 Å². The van der Waals surface area contributed by atoms with Crippen molar-refractivity contribution < 1.29 is 80.2 Å². The predicted molar refractivity (Wildman–Crippen MR) is 423 cm³/mol. The Labute approximate surface area is 632 Å². The van der Waals surface area contributed by atoms with E-state index >= 15 is 0 Å². The maximum Gasteiger partial charge on any atom is 0.472 e. The van der Waals surface area contributed by atoms with Crippen LogP contribution in [0.15, 0.2) is 0 Å². The van der Waals surface area contributed by atoms with Gasteiger partial charge in [-0.05, 0) is 37.5 Å². The van der Waals surface area contributed by atoms with Crippen LogP contribution in [0.25, 0.3) is 0 Å². The Kier molecular flexibility index (Phi) is 74.1. The fourth-order valence-corrected chi connectivity index (χ4v) is 14.6. The van der Waals surface area contributed by atoms with Gasteiger partial charge in [-0.1, -0.05) is 395 Å². The predicted octanol–water partition coefficient (Wildman–Crippen LogP) is 25.5. The molecule has 0 aromatic heterocycles. The van der Waals surface area contributed by atoms with E-state index in [0.29, 0.717) is 31.6 Å². The molecular weight excluding hydrogens is 1340 g/mol. The van der Waals surface area contributed by atoms with E-state index < -0.39 is 97.5 Å². The summed E-state index contributed by atoms with van der Waals surface area (Å²) in [7, 11) is -9.92. The summed E-state index contributed by atoms with van der Waals surface area (Å²) in [4.78, 5) is 73.1. The molecule has 0 saturated carbocycles. The number of aliphatic hydroxyl groups excluding tert-OH is 1. The van der Waals surface area contributed by atoms with Crippen LogP contribution in [0.3, 0.4) is 0 Å². The van der Waals surface area contributed by atoms with Crippen LogP contribution in [0, 0.1) is 11.8 Å². The van der Waals surface area contributed by atoms with Crippen molar-refractivity contribution in [3.8, 4) is 0 Å². The van der Waals surface area contributed by atoms with Crippen molar-refractivity contribution in [1.82, 2.24) is 0 Å². The first kappa shape index (κ1) is 101. The molecule has 0 aliphatic rings. The highest BCUT2D eigenvalue weighted by molar-refractivity contribution is 7.47. The average molecular weight is 1510 g/mol. The van der Waals surface area contributed by atoms with E-state index in [0.717, 1.165) is 102 Å². The van der Waals surface area contributed by atoms with E-state index in [1.807, 2.05) is 0 Å². The van der Waals surface area contributed by atoms with Gasteiger partial charge < -0.3 is 33.8 Å². The number of aliphatic hydroxyl groups is 1. The summed E-state index contributed by atoms with van der Waals surface area (Å²) < 4.78 is 68.8. The number of carbonyl (C=O) groups is 4. The molecular formula is C84H164O17P2. The molecule has 0 spiro atoms. The SMILES string of the molecule is CCCCCCCCCCCCCCCCCCCCCCCCC(=O)O[C@H](COC(=O)CCCCCCCCCCCCCCCCCCC)COP(=O)(O)OC[C@@H](O)COP(=O)(O)OC[C@@H](COC(=O)CCCCCCCCCC(C)C)OC(=O)CCCCCCCCCCCCC(C)CC. The third kappa shape index (κ3) is 76.6. The van der Waals surface area contributed by atoms with Crippen molar-refractivity contribution in [3.05, 3.63) is 0 Å². The first-order chi connectivity index (χ1) is 49.9. The highest BCUT2D eigenvalue weighted by Crippen LogP contribution is 2.45. The number of ether oxygens (including phenoxy) is 4. The molecule has 17 nitrogen and oxygen atoms in total. The van der Waals surface area contributed by atoms with Crippen LogP contribution in [-0.2, 0) is 65.4 Å². The Morgan fingerprint density at radius 1 is 0.282 bits per heavy atom. The molecule has 612 valence electrons. The summed E-state index contributed by atoms with van der Waals surface area (Å²) in [5, 5.41) is 10.7. The van der Waals surface area contributed by atoms with Gasteiger partial charge in [0.1, 0.15) is 19.3 Å². The standard InChI is InChI=1S/C84H164O17P2/c1-7-10-12-14-16-18-20-22-24-26-27-28-29-30-32-34-36-38-43-49-56-62-68-83(88)100-79(72-94-81(86)66-60-54-48-42-37-35-33-31-25-23-21-19-17-15-13-11-8-2)74-98-102(90,91)96-70-78(85)71-97-103(92,93)99-75-80(73-95-82(87)67-61-55-51-45-46-52-58-64-76(4)5)101-84(89)69-63-57-50-44-40-39-41-47-53-59-65-77(6)9-3/h76-80,85H,7-75H2,1-6H3,(H,90,91)(H,92,93)/t77?,78-,79-,80-/m1/s1. The van der Waals surface area contributed by atoms with E-state index in [4.69, 9.17) is 37.0 Å². The number of phosphoric acid groups is 2. The summed E-state index contributed by atoms with van der Waals surface area (Å²) in [6.45, 7) is 9.62. The lowest BCUT2D eigenvalue weighted by atomic mass is 9.99. The van der Waals surface area contributed by atoms with Gasteiger partial charge in [-0.15, -0.1) is 0 Å². The lowest BCUT2D eigenvalue weighted by Gasteiger charge is -2.21. The number of carbonyl (C=O) groups excluding carboxylic acids is 4. The summed E-state index contributed by atoms with van der Waals surface area (Å²) in [6, 6.07) is 0. The van der Waals surface area contributed by atoms with E-state index in [-0.39, 0.29) is 25.7 Å². The van der Waals surface area contributed by atoms with Crippen LogP contribution < -0.4 is 0 Å². The summed E-state index contributed by atoms with van der Waals surface area (Å²) >= 11 is 0. The van der Waals surface area contributed by atoms with E-state index in [1.165, 1.54) is 257 Å². The zero-order valence-electron chi connectivity index (χ0n) is 67.6. The summed E-state index contributed by atoms with van der Waals surface area (Å²) in [5.41, 5.74) is 0. The lowest BCUT2D eigenvalue weighted by molar-refractivity contribution is -0.161. The van der Waals surface area contributed by atoms with Gasteiger partial charge in [0.2, 0.25) is 0 Å². The molecule has 103 heavy (non-hydrogen) atoms. The fraction of sp³-hybridized carbons (Fsp3) is 0.952. The quantitative estimate of drug-likeness (QED) is 0.0222. The molecule has 0 aliphatic carbocycles. The Morgan fingerprint density at radius 2 is 0.495 bits per heavy atom. The Hall–Kier alpha value is -1.94. The van der Waals surface area contributed by atoms with E-state index in [9.17, 15) is 43.2 Å². The van der Waals surface area contributed by atoms with Gasteiger partial charge in [0.05, 0.1) is 26.4 Å². The molecule has 0 aromatic carbocycles. The normalized spacial score (nSPS) is 14.1. The molecule has 0 fully saturated rings. The number of hydrogen-bond donors (Lipinski definition) is 3. The zero-order valence-corrected chi connectivity index (χ0v) is 69.4. The second-order valence-corrected chi connectivity index (χ2v) is 33.8. The first-order valence-corrected chi connectivity index (χ1v) is 46.5. The molecule has 6 atom stereocenters. The average Bonchev–Trinajstić information content (AvgIpc) is 1.03. The minimum Gasteiger partial charge on any atom is -0.462 e. The highest BCUT2D eigenvalue weighted by Gasteiger charge is 2.30. The minimum atomic E-state index is -4.96. The monoisotopic (exact) mass is 1510 g/mol. The first-order valence-electron chi connectivity index (χ1n) is 43.5. The van der Waals surface area contributed by atoms with Crippen LogP contribution in [0.1, 0.15) is 446 Å². The molecule has 0 aromatic rings. The maximum atomic E-state index is 13.1. The highest BCUT2D eigenvalue weighted by atomic mass is 31.2. The van der Waals surface area contributed by atoms with Crippen LogP contribution in [0.2, 0.25) is 0 Å². The van der Waals surface area contributed by atoms with Gasteiger partial charge >= 0.3 is 39.5 Å². The van der Waals surface area contributed by atoms with Crippen molar-refractivity contribution in [2.45, 2.75) is 464 Å². The van der Waals surface area contributed by atoms with Crippen LogP contribution in [0.4, 0.5) is 0 Å². The Balaban J connectivity index is 5.22. The van der Waals surface area contributed by atoms with Gasteiger partial charge in [-0.2, -0.15) is 0 Å². The third-order valence-corrected chi connectivity index (χ3v) is 22.0. The van der Waals surface area contributed by atoms with Crippen LogP contribution in [-0.4, -0.2) is 96.7 Å². The number of phosphoric ester groups is 2. The molecule has 0 rings (SSSR count). The second-order valence-electron chi connectivity index (χ2n) is 30.9. The number of rotatable bonds is 83. The van der Waals surface area contributed by atoms with Gasteiger partial charge in [-0.25, -0.2) is 9.13 Å². The molecule has 0 radical (unpaired) electrons. The van der Waals surface area contributed by atoms with Gasteiger partial charge in [-0.3, -0.25) is 37.3 Å². The largest absolute Gasteiger partial charge is 0.472 e. The van der Waals surface area contributed by atoms with E-state index in [2.05, 4.69) is 41.5 Å². The maximum absolute atomic E-state index is 13.1. The number of unbranched alkanes of at least 4 members (excludes halogenated alkanes) is 52. The third-order valence-electron chi connectivity index (χ3n) is 20.1. The zero-order chi connectivity index (χ0) is 75.6. The molecule has 3 N–H and O–H groups in total. The smallest absolute Gasteiger partial charge is 0.462 e.